The second-order valence-corrected chi connectivity index (χ2v) is 7.33. The third-order valence-electron chi connectivity index (χ3n) is 3.86. The molecule has 0 spiro atoms. The number of nitrogens with zero attached hydrogens (tertiary/aromatic N) is 3. The molecule has 0 aliphatic carbocycles. The van der Waals surface area contributed by atoms with Gasteiger partial charge < -0.3 is 0 Å². The first-order valence-corrected chi connectivity index (χ1v) is 9.00. The summed E-state index contributed by atoms with van der Waals surface area (Å²) < 4.78 is 27.9. The van der Waals surface area contributed by atoms with Gasteiger partial charge in [0.2, 0.25) is 0 Å². The number of nitro benzene ring substituents is 1. The molecule has 0 aliphatic heterocycles. The highest BCUT2D eigenvalue weighted by molar-refractivity contribution is 7.92. The van der Waals surface area contributed by atoms with E-state index >= 15 is 0 Å². The molecular formula is C16H15N5O4S. The third-order valence-corrected chi connectivity index (χ3v) is 5.28. The number of aromatic amines is 1. The van der Waals surface area contributed by atoms with Crippen LogP contribution in [-0.4, -0.2) is 28.5 Å². The average molecular weight is 373 g/mol. The minimum Gasteiger partial charge on any atom is -0.279 e. The lowest BCUT2D eigenvalue weighted by molar-refractivity contribution is -0.387. The molecule has 0 aliphatic rings. The maximum Gasteiger partial charge on any atom is 0.290 e. The van der Waals surface area contributed by atoms with Crippen LogP contribution < -0.4 is 4.72 Å². The summed E-state index contributed by atoms with van der Waals surface area (Å²) in [6.07, 6.45) is 1.34. The molecule has 26 heavy (non-hydrogen) atoms. The van der Waals surface area contributed by atoms with Crippen molar-refractivity contribution in [3.05, 3.63) is 64.0 Å². The molecule has 0 saturated carbocycles. The molecule has 2 N–H and O–H groups in total. The van der Waals surface area contributed by atoms with E-state index in [4.69, 9.17) is 0 Å². The van der Waals surface area contributed by atoms with Crippen LogP contribution in [0.15, 0.2) is 47.6 Å². The SMILES string of the molecule is Cc1cc([N+](=O)[O-])c(S(=O)(=O)Nc2cccc(-c3ncn[nH]3)c2)cc1C. The normalized spacial score (nSPS) is 11.3. The predicted molar refractivity (Wildman–Crippen MR) is 95.2 cm³/mol. The van der Waals surface area contributed by atoms with Gasteiger partial charge in [0.15, 0.2) is 10.7 Å². The molecule has 0 fully saturated rings. The first-order valence-electron chi connectivity index (χ1n) is 7.52. The zero-order valence-electron chi connectivity index (χ0n) is 13.9. The van der Waals surface area contributed by atoms with Crippen molar-refractivity contribution in [2.45, 2.75) is 18.7 Å². The van der Waals surface area contributed by atoms with Crippen LogP contribution in [0.25, 0.3) is 11.4 Å². The maximum atomic E-state index is 12.7. The molecule has 0 radical (unpaired) electrons. The molecule has 10 heteroatoms. The van der Waals surface area contributed by atoms with Crippen LogP contribution in [-0.2, 0) is 10.0 Å². The second-order valence-electron chi connectivity index (χ2n) is 5.68. The second kappa shape index (κ2) is 6.56. The van der Waals surface area contributed by atoms with Gasteiger partial charge in [0, 0.05) is 17.3 Å². The van der Waals surface area contributed by atoms with Crippen LogP contribution in [0.2, 0.25) is 0 Å². The van der Waals surface area contributed by atoms with E-state index in [2.05, 4.69) is 19.9 Å². The number of H-pyrrole nitrogens is 1. The molecule has 3 rings (SSSR count). The van der Waals surface area contributed by atoms with Crippen LogP contribution in [0.5, 0.6) is 0 Å². The van der Waals surface area contributed by atoms with E-state index in [1.54, 1.807) is 38.1 Å². The Morgan fingerprint density at radius 3 is 2.54 bits per heavy atom. The molecule has 0 atom stereocenters. The number of sulfonamides is 1. The van der Waals surface area contributed by atoms with Gasteiger partial charge in [-0.05, 0) is 43.2 Å². The fourth-order valence-corrected chi connectivity index (χ4v) is 3.70. The number of hydrogen-bond acceptors (Lipinski definition) is 6. The first kappa shape index (κ1) is 17.5. The minimum absolute atomic E-state index is 0.256. The molecule has 0 unspecified atom stereocenters. The van der Waals surface area contributed by atoms with Crippen molar-refractivity contribution < 1.29 is 13.3 Å². The monoisotopic (exact) mass is 373 g/mol. The van der Waals surface area contributed by atoms with Gasteiger partial charge in [0.1, 0.15) is 6.33 Å². The molecule has 134 valence electrons. The summed E-state index contributed by atoms with van der Waals surface area (Å²) in [5.74, 6) is 0.475. The molecule has 1 heterocycles. The summed E-state index contributed by atoms with van der Waals surface area (Å²) in [5.41, 5.74) is 1.70. The van der Waals surface area contributed by atoms with Crippen molar-refractivity contribution in [3.63, 3.8) is 0 Å². The summed E-state index contributed by atoms with van der Waals surface area (Å²) in [4.78, 5) is 14.2. The number of hydrogen-bond donors (Lipinski definition) is 2. The van der Waals surface area contributed by atoms with Gasteiger partial charge in [-0.1, -0.05) is 12.1 Å². The highest BCUT2D eigenvalue weighted by atomic mass is 32.2. The number of benzene rings is 2. The number of nitrogens with one attached hydrogen (secondary N) is 2. The highest BCUT2D eigenvalue weighted by Crippen LogP contribution is 2.29. The van der Waals surface area contributed by atoms with Crippen molar-refractivity contribution in [2.24, 2.45) is 0 Å². The predicted octanol–water partition coefficient (Wildman–Crippen LogP) is 2.80. The van der Waals surface area contributed by atoms with Gasteiger partial charge in [0.25, 0.3) is 15.7 Å². The van der Waals surface area contributed by atoms with Gasteiger partial charge in [-0.25, -0.2) is 13.4 Å². The van der Waals surface area contributed by atoms with Gasteiger partial charge >= 0.3 is 0 Å². The quantitative estimate of drug-likeness (QED) is 0.522. The zero-order chi connectivity index (χ0) is 18.9. The minimum atomic E-state index is -4.15. The summed E-state index contributed by atoms with van der Waals surface area (Å²) in [7, 11) is -4.15. The lowest BCUT2D eigenvalue weighted by Crippen LogP contribution is -2.15. The van der Waals surface area contributed by atoms with Crippen molar-refractivity contribution in [2.75, 3.05) is 4.72 Å². The van der Waals surface area contributed by atoms with E-state index < -0.39 is 20.6 Å². The van der Waals surface area contributed by atoms with E-state index in [9.17, 15) is 18.5 Å². The molecular weight excluding hydrogens is 358 g/mol. The molecule has 3 aromatic rings. The van der Waals surface area contributed by atoms with Crippen LogP contribution in [0, 0.1) is 24.0 Å². The lowest BCUT2D eigenvalue weighted by Gasteiger charge is -2.11. The van der Waals surface area contributed by atoms with Crippen molar-refractivity contribution in [1.82, 2.24) is 15.2 Å². The van der Waals surface area contributed by atoms with E-state index in [-0.39, 0.29) is 10.6 Å². The highest BCUT2D eigenvalue weighted by Gasteiger charge is 2.27. The molecule has 0 bridgehead atoms. The Bertz CT molecular complexity index is 1080. The number of nitro groups is 1. The fourth-order valence-electron chi connectivity index (χ4n) is 2.42. The van der Waals surface area contributed by atoms with Crippen LogP contribution in [0.3, 0.4) is 0 Å². The number of rotatable bonds is 5. The van der Waals surface area contributed by atoms with Crippen LogP contribution in [0.1, 0.15) is 11.1 Å². The Balaban J connectivity index is 2.02. The van der Waals surface area contributed by atoms with Crippen molar-refractivity contribution in [3.8, 4) is 11.4 Å². The summed E-state index contributed by atoms with van der Waals surface area (Å²) in [6.45, 7) is 3.38. The van der Waals surface area contributed by atoms with Gasteiger partial charge in [-0.15, -0.1) is 0 Å². The molecule has 2 aromatic carbocycles. The van der Waals surface area contributed by atoms with Crippen LogP contribution >= 0.6 is 0 Å². The Morgan fingerprint density at radius 1 is 1.15 bits per heavy atom. The Labute approximate surface area is 149 Å². The fraction of sp³-hybridized carbons (Fsp3) is 0.125. The summed E-state index contributed by atoms with van der Waals surface area (Å²) in [6, 6.07) is 9.04. The number of anilines is 1. The van der Waals surface area contributed by atoms with Crippen molar-refractivity contribution >= 4 is 21.4 Å². The van der Waals surface area contributed by atoms with E-state index in [0.717, 1.165) is 0 Å². The van der Waals surface area contributed by atoms with E-state index in [1.807, 2.05) is 0 Å². The largest absolute Gasteiger partial charge is 0.290 e. The van der Waals surface area contributed by atoms with Gasteiger partial charge in [0.05, 0.1) is 4.92 Å². The average Bonchev–Trinajstić information content (AvgIpc) is 3.11. The summed E-state index contributed by atoms with van der Waals surface area (Å²) in [5, 5.41) is 17.7. The molecule has 9 nitrogen and oxygen atoms in total. The third kappa shape index (κ3) is 3.40. The zero-order valence-corrected chi connectivity index (χ0v) is 14.7. The number of aromatic nitrogens is 3. The first-order chi connectivity index (χ1) is 12.3. The Kier molecular flexibility index (Phi) is 4.43. The molecule has 0 saturated heterocycles. The van der Waals surface area contributed by atoms with Gasteiger partial charge in [-0.2, -0.15) is 5.10 Å². The van der Waals surface area contributed by atoms with Gasteiger partial charge in [-0.3, -0.25) is 19.9 Å². The molecule has 1 aromatic heterocycles. The van der Waals surface area contributed by atoms with Crippen LogP contribution in [0.4, 0.5) is 11.4 Å². The summed E-state index contributed by atoms with van der Waals surface area (Å²) >= 11 is 0. The smallest absolute Gasteiger partial charge is 0.279 e. The van der Waals surface area contributed by atoms with E-state index in [1.165, 1.54) is 18.5 Å². The maximum absolute atomic E-state index is 12.7. The Hall–Kier alpha value is -3.27. The standard InChI is InChI=1S/C16H15N5O4S/c1-10-6-14(21(22)23)15(7-11(10)2)26(24,25)20-13-5-3-4-12(8-13)16-17-9-18-19-16/h3-9,20H,1-2H3,(H,17,18,19). The topological polar surface area (TPSA) is 131 Å². The van der Waals surface area contributed by atoms with E-state index in [0.29, 0.717) is 22.5 Å². The number of aryl methyl sites for hydroxylation is 2. The Morgan fingerprint density at radius 2 is 1.88 bits per heavy atom. The van der Waals surface area contributed by atoms with Crippen molar-refractivity contribution in [1.29, 1.82) is 0 Å². The molecule has 0 amide bonds. The lowest BCUT2D eigenvalue weighted by atomic mass is 10.1.